The highest BCUT2D eigenvalue weighted by Crippen LogP contribution is 2.18. The van der Waals surface area contributed by atoms with Crippen molar-refractivity contribution in [1.29, 1.82) is 0 Å². The molecular weight excluding hydrogens is 204 g/mol. The molecule has 0 aliphatic heterocycles. The Morgan fingerprint density at radius 2 is 1.94 bits per heavy atom. The summed E-state index contributed by atoms with van der Waals surface area (Å²) in [6.07, 6.45) is 0.154. The molecule has 0 fully saturated rings. The van der Waals surface area contributed by atoms with E-state index < -0.39 is 0 Å². The number of hydrogen-bond acceptors (Lipinski definition) is 4. The Kier molecular flexibility index (Phi) is 4.55. The first-order valence-corrected chi connectivity index (χ1v) is 5.39. The molecule has 0 bridgehead atoms. The molecule has 0 saturated carbocycles. The molecule has 2 atom stereocenters. The highest BCUT2D eigenvalue weighted by atomic mass is 16.5. The summed E-state index contributed by atoms with van der Waals surface area (Å²) in [6.45, 7) is 6.07. The molecule has 1 heterocycles. The summed E-state index contributed by atoms with van der Waals surface area (Å²) in [5.41, 5.74) is 1.94. The van der Waals surface area contributed by atoms with Crippen molar-refractivity contribution in [3.63, 3.8) is 0 Å². The molecule has 0 saturated heterocycles. The van der Waals surface area contributed by atoms with Gasteiger partial charge in [0.25, 0.3) is 0 Å². The number of aryl methyl sites for hydroxylation is 1. The molecule has 90 valence electrons. The highest BCUT2D eigenvalue weighted by Gasteiger charge is 2.12. The van der Waals surface area contributed by atoms with Crippen molar-refractivity contribution in [2.75, 3.05) is 19.5 Å². The van der Waals surface area contributed by atoms with E-state index in [2.05, 4.69) is 17.2 Å². The number of methoxy groups -OCH3 is 2. The lowest BCUT2D eigenvalue weighted by molar-refractivity contribution is 0.106. The summed E-state index contributed by atoms with van der Waals surface area (Å²) in [5, 5.41) is 3.37. The SMILES string of the molecule is COc1ccc(NC(C)C(C)OC)c(C)n1. The van der Waals surface area contributed by atoms with E-state index in [0.29, 0.717) is 5.88 Å². The smallest absolute Gasteiger partial charge is 0.213 e. The van der Waals surface area contributed by atoms with Gasteiger partial charge in [-0.25, -0.2) is 4.98 Å². The summed E-state index contributed by atoms with van der Waals surface area (Å²) in [6, 6.07) is 4.05. The number of pyridine rings is 1. The van der Waals surface area contributed by atoms with E-state index in [1.165, 1.54) is 0 Å². The quantitative estimate of drug-likeness (QED) is 0.833. The maximum Gasteiger partial charge on any atom is 0.213 e. The maximum atomic E-state index is 5.26. The predicted molar refractivity (Wildman–Crippen MR) is 65.1 cm³/mol. The lowest BCUT2D eigenvalue weighted by Gasteiger charge is -2.21. The van der Waals surface area contributed by atoms with Crippen LogP contribution in [0.4, 0.5) is 5.69 Å². The minimum atomic E-state index is 0.154. The minimum absolute atomic E-state index is 0.154. The van der Waals surface area contributed by atoms with E-state index in [0.717, 1.165) is 11.4 Å². The molecule has 4 heteroatoms. The number of rotatable bonds is 5. The fourth-order valence-electron chi connectivity index (χ4n) is 1.37. The van der Waals surface area contributed by atoms with Gasteiger partial charge < -0.3 is 14.8 Å². The van der Waals surface area contributed by atoms with E-state index >= 15 is 0 Å². The second kappa shape index (κ2) is 5.70. The van der Waals surface area contributed by atoms with E-state index in [4.69, 9.17) is 9.47 Å². The molecule has 16 heavy (non-hydrogen) atoms. The van der Waals surface area contributed by atoms with Crippen molar-refractivity contribution in [1.82, 2.24) is 4.98 Å². The van der Waals surface area contributed by atoms with Crippen LogP contribution in [0.1, 0.15) is 19.5 Å². The van der Waals surface area contributed by atoms with Crippen LogP contribution in [0, 0.1) is 6.92 Å². The molecule has 0 aliphatic carbocycles. The first kappa shape index (κ1) is 12.8. The number of aromatic nitrogens is 1. The summed E-state index contributed by atoms with van der Waals surface area (Å²) in [5.74, 6) is 0.635. The third kappa shape index (κ3) is 3.10. The van der Waals surface area contributed by atoms with Crippen LogP contribution in [0.5, 0.6) is 5.88 Å². The zero-order valence-electron chi connectivity index (χ0n) is 10.6. The van der Waals surface area contributed by atoms with Crippen LogP contribution >= 0.6 is 0 Å². The fourth-order valence-corrected chi connectivity index (χ4v) is 1.37. The first-order valence-electron chi connectivity index (χ1n) is 5.39. The number of ether oxygens (including phenoxy) is 2. The Morgan fingerprint density at radius 1 is 1.25 bits per heavy atom. The van der Waals surface area contributed by atoms with E-state index in [1.807, 2.05) is 26.0 Å². The van der Waals surface area contributed by atoms with Gasteiger partial charge in [0, 0.05) is 19.2 Å². The molecule has 0 amide bonds. The van der Waals surface area contributed by atoms with Crippen LogP contribution in [-0.4, -0.2) is 31.3 Å². The molecule has 1 aromatic rings. The van der Waals surface area contributed by atoms with Crippen molar-refractivity contribution in [2.24, 2.45) is 0 Å². The second-order valence-electron chi connectivity index (χ2n) is 3.86. The van der Waals surface area contributed by atoms with Crippen LogP contribution in [0.25, 0.3) is 0 Å². The summed E-state index contributed by atoms with van der Waals surface area (Å²) in [7, 11) is 3.33. The van der Waals surface area contributed by atoms with Gasteiger partial charge in [-0.15, -0.1) is 0 Å². The van der Waals surface area contributed by atoms with Crippen LogP contribution in [-0.2, 0) is 4.74 Å². The monoisotopic (exact) mass is 224 g/mol. The molecule has 0 aliphatic rings. The van der Waals surface area contributed by atoms with Gasteiger partial charge in [0.2, 0.25) is 5.88 Å². The Labute approximate surface area is 97.0 Å². The van der Waals surface area contributed by atoms with Crippen molar-refractivity contribution in [2.45, 2.75) is 32.9 Å². The molecule has 2 unspecified atom stereocenters. The zero-order valence-corrected chi connectivity index (χ0v) is 10.6. The van der Waals surface area contributed by atoms with Crippen molar-refractivity contribution < 1.29 is 9.47 Å². The minimum Gasteiger partial charge on any atom is -0.481 e. The Balaban J connectivity index is 2.74. The van der Waals surface area contributed by atoms with Gasteiger partial charge in [-0.05, 0) is 26.8 Å². The highest BCUT2D eigenvalue weighted by molar-refractivity contribution is 5.49. The van der Waals surface area contributed by atoms with Gasteiger partial charge in [0.05, 0.1) is 24.6 Å². The van der Waals surface area contributed by atoms with E-state index in [9.17, 15) is 0 Å². The van der Waals surface area contributed by atoms with Gasteiger partial charge in [0.1, 0.15) is 0 Å². The largest absolute Gasteiger partial charge is 0.481 e. The van der Waals surface area contributed by atoms with Crippen molar-refractivity contribution >= 4 is 5.69 Å². The molecule has 1 N–H and O–H groups in total. The summed E-state index contributed by atoms with van der Waals surface area (Å²) in [4.78, 5) is 4.30. The molecule has 0 radical (unpaired) electrons. The summed E-state index contributed by atoms with van der Waals surface area (Å²) >= 11 is 0. The fraction of sp³-hybridized carbons (Fsp3) is 0.583. The lowest BCUT2D eigenvalue weighted by Crippen LogP contribution is -2.30. The van der Waals surface area contributed by atoms with Crippen LogP contribution in [0.3, 0.4) is 0 Å². The average molecular weight is 224 g/mol. The predicted octanol–water partition coefficient (Wildman–Crippen LogP) is 2.23. The van der Waals surface area contributed by atoms with E-state index in [1.54, 1.807) is 14.2 Å². The number of hydrogen-bond donors (Lipinski definition) is 1. The second-order valence-corrected chi connectivity index (χ2v) is 3.86. The van der Waals surface area contributed by atoms with E-state index in [-0.39, 0.29) is 12.1 Å². The number of nitrogens with zero attached hydrogens (tertiary/aromatic N) is 1. The maximum absolute atomic E-state index is 5.26. The topological polar surface area (TPSA) is 43.4 Å². The molecule has 0 aromatic carbocycles. The Hall–Kier alpha value is -1.29. The number of anilines is 1. The standard InChI is InChI=1S/C12H20N2O2/c1-8(10(3)15-4)13-11-6-7-12(16-5)14-9(11)2/h6-8,10,13H,1-5H3. The molecule has 1 rings (SSSR count). The number of nitrogens with one attached hydrogen (secondary N) is 1. The molecule has 4 nitrogen and oxygen atoms in total. The molecular formula is C12H20N2O2. The van der Waals surface area contributed by atoms with Gasteiger partial charge in [0.15, 0.2) is 0 Å². The van der Waals surface area contributed by atoms with Crippen LogP contribution in [0.2, 0.25) is 0 Å². The van der Waals surface area contributed by atoms with Crippen molar-refractivity contribution in [3.8, 4) is 5.88 Å². The normalized spacial score (nSPS) is 14.3. The Morgan fingerprint density at radius 3 is 2.44 bits per heavy atom. The van der Waals surface area contributed by atoms with Crippen molar-refractivity contribution in [3.05, 3.63) is 17.8 Å². The molecule has 1 aromatic heterocycles. The zero-order chi connectivity index (χ0) is 12.1. The van der Waals surface area contributed by atoms with Gasteiger partial charge in [-0.2, -0.15) is 0 Å². The van der Waals surface area contributed by atoms with Crippen LogP contribution in [0.15, 0.2) is 12.1 Å². The lowest BCUT2D eigenvalue weighted by atomic mass is 10.2. The Bertz CT molecular complexity index is 342. The average Bonchev–Trinajstić information content (AvgIpc) is 2.30. The summed E-state index contributed by atoms with van der Waals surface area (Å²) < 4.78 is 10.3. The van der Waals surface area contributed by atoms with Crippen LogP contribution < -0.4 is 10.1 Å². The first-order chi connectivity index (χ1) is 7.58. The third-order valence-electron chi connectivity index (χ3n) is 2.73. The van der Waals surface area contributed by atoms with Gasteiger partial charge in [-0.1, -0.05) is 0 Å². The molecule has 0 spiro atoms. The third-order valence-corrected chi connectivity index (χ3v) is 2.73. The van der Waals surface area contributed by atoms with Gasteiger partial charge in [-0.3, -0.25) is 0 Å². The van der Waals surface area contributed by atoms with Gasteiger partial charge >= 0.3 is 0 Å².